The van der Waals surface area contributed by atoms with E-state index >= 15 is 0 Å². The number of thiazole rings is 1. The lowest BCUT2D eigenvalue weighted by Gasteiger charge is -2.32. The van der Waals surface area contributed by atoms with Crippen LogP contribution in [0.25, 0.3) is 10.3 Å². The number of anilines is 1. The van der Waals surface area contributed by atoms with Crippen molar-refractivity contribution in [2.75, 3.05) is 44.7 Å². The molecule has 6 rings (SSSR count). The lowest BCUT2D eigenvalue weighted by molar-refractivity contribution is 0.0773. The highest BCUT2D eigenvalue weighted by Gasteiger charge is 2.22. The van der Waals surface area contributed by atoms with Crippen LogP contribution >= 0.6 is 23.3 Å². The number of ether oxygens (including phenoxy) is 2. The Morgan fingerprint density at radius 3 is 2.51 bits per heavy atom. The maximum Gasteiger partial charge on any atom is 0.243 e. The quantitative estimate of drug-likeness (QED) is 0.255. The summed E-state index contributed by atoms with van der Waals surface area (Å²) in [6, 6.07) is 15.1. The number of morpholine rings is 1. The number of hydrogen-bond acceptors (Lipinski definition) is 11. The van der Waals surface area contributed by atoms with Gasteiger partial charge < -0.3 is 14.8 Å². The Morgan fingerprint density at radius 1 is 1.07 bits per heavy atom. The minimum Gasteiger partial charge on any atom is -0.437 e. The van der Waals surface area contributed by atoms with Crippen LogP contribution < -0.4 is 10.1 Å². The highest BCUT2D eigenvalue weighted by molar-refractivity contribution is 7.97. The van der Waals surface area contributed by atoms with Crippen LogP contribution in [0.2, 0.25) is 0 Å². The van der Waals surface area contributed by atoms with Crippen LogP contribution in [0.5, 0.6) is 11.6 Å². The van der Waals surface area contributed by atoms with Gasteiger partial charge >= 0.3 is 0 Å². The molecule has 0 unspecified atom stereocenters. The Morgan fingerprint density at radius 2 is 1.80 bits per heavy atom. The monoisotopic (exact) mass is 587 g/mol. The molecule has 2 aliphatic heterocycles. The number of nitrogens with one attached hydrogen (secondary N) is 1. The molecule has 41 heavy (non-hydrogen) atoms. The normalized spacial score (nSPS) is 17.0. The molecule has 0 atom stereocenters. The number of benzene rings is 2. The van der Waals surface area contributed by atoms with Crippen LogP contribution in [-0.4, -0.2) is 69.6 Å². The van der Waals surface area contributed by atoms with E-state index in [1.54, 1.807) is 5.51 Å². The van der Waals surface area contributed by atoms with E-state index in [2.05, 4.69) is 54.8 Å². The first-order valence-corrected chi connectivity index (χ1v) is 15.6. The Balaban J connectivity index is 1.06. The van der Waals surface area contributed by atoms with E-state index in [9.17, 15) is 5.26 Å². The second-order valence-corrected chi connectivity index (χ2v) is 12.5. The molecule has 0 saturated carbocycles. The van der Waals surface area contributed by atoms with Gasteiger partial charge in [0.25, 0.3) is 0 Å². The molecule has 2 aromatic heterocycles. The molecule has 0 spiro atoms. The number of likely N-dealkylation sites (tertiary alicyclic amines) is 1. The minimum atomic E-state index is 0.279. The van der Waals surface area contributed by atoms with Crippen LogP contribution in [0.4, 0.5) is 5.95 Å². The molecule has 0 radical (unpaired) electrons. The van der Waals surface area contributed by atoms with Gasteiger partial charge in [0, 0.05) is 43.7 Å². The second-order valence-electron chi connectivity index (χ2n) is 10.5. The summed E-state index contributed by atoms with van der Waals surface area (Å²) in [6.45, 7) is 10.4. The number of piperidine rings is 1. The molecule has 11 heteroatoms. The first-order valence-electron chi connectivity index (χ1n) is 13.9. The first kappa shape index (κ1) is 27.9. The third-order valence-electron chi connectivity index (χ3n) is 7.41. The maximum absolute atomic E-state index is 9.29. The van der Waals surface area contributed by atoms with E-state index < -0.39 is 0 Å². The Hall–Kier alpha value is -3.27. The average Bonchev–Trinajstić information content (AvgIpc) is 3.46. The van der Waals surface area contributed by atoms with E-state index in [4.69, 9.17) is 14.5 Å². The number of aryl methyl sites for hydroxylation is 2. The molecule has 4 aromatic rings. The van der Waals surface area contributed by atoms with Gasteiger partial charge in [-0.2, -0.15) is 15.2 Å². The molecular formula is C30H33N7O2S2. The van der Waals surface area contributed by atoms with E-state index in [0.29, 0.717) is 28.8 Å². The van der Waals surface area contributed by atoms with Crippen molar-refractivity contribution in [3.63, 3.8) is 0 Å². The van der Waals surface area contributed by atoms with Crippen LogP contribution in [0, 0.1) is 25.2 Å². The number of hydrogen-bond donors (Lipinski definition) is 1. The summed E-state index contributed by atoms with van der Waals surface area (Å²) in [5.74, 6) is 1.74. The Kier molecular flexibility index (Phi) is 8.64. The summed E-state index contributed by atoms with van der Waals surface area (Å²) in [5.41, 5.74) is 6.14. The van der Waals surface area contributed by atoms with E-state index in [1.807, 2.05) is 37.9 Å². The number of nitriles is 1. The Labute approximate surface area is 248 Å². The maximum atomic E-state index is 9.29. The van der Waals surface area contributed by atoms with Gasteiger partial charge in [0.05, 0.1) is 30.4 Å². The zero-order chi connectivity index (χ0) is 28.2. The van der Waals surface area contributed by atoms with Gasteiger partial charge in [0.1, 0.15) is 10.4 Å². The molecule has 2 aromatic carbocycles. The first-order chi connectivity index (χ1) is 20.0. The second kappa shape index (κ2) is 12.7. The summed E-state index contributed by atoms with van der Waals surface area (Å²) >= 11 is 3.28. The summed E-state index contributed by atoms with van der Waals surface area (Å²) in [5, 5.41) is 12.8. The van der Waals surface area contributed by atoms with E-state index in [1.165, 1.54) is 21.8 Å². The molecule has 2 fully saturated rings. The Bertz CT molecular complexity index is 1520. The van der Waals surface area contributed by atoms with Crippen molar-refractivity contribution in [1.29, 1.82) is 5.26 Å². The summed E-state index contributed by atoms with van der Waals surface area (Å²) in [4.78, 5) is 17.7. The smallest absolute Gasteiger partial charge is 0.243 e. The number of fused-ring (bicyclic) bond motifs is 1. The molecule has 1 N–H and O–H groups in total. The van der Waals surface area contributed by atoms with Crippen molar-refractivity contribution < 1.29 is 9.47 Å². The zero-order valence-corrected chi connectivity index (χ0v) is 24.9. The molecule has 9 nitrogen and oxygen atoms in total. The predicted molar refractivity (Wildman–Crippen MR) is 163 cm³/mol. The zero-order valence-electron chi connectivity index (χ0n) is 23.3. The molecule has 0 amide bonds. The fourth-order valence-corrected chi connectivity index (χ4v) is 6.80. The van der Waals surface area contributed by atoms with Crippen molar-refractivity contribution >= 4 is 39.6 Å². The average molecular weight is 588 g/mol. The third kappa shape index (κ3) is 6.80. The van der Waals surface area contributed by atoms with Gasteiger partial charge in [-0.3, -0.25) is 4.90 Å². The topological polar surface area (TPSA) is 99.4 Å². The van der Waals surface area contributed by atoms with Gasteiger partial charge in [0.15, 0.2) is 5.65 Å². The summed E-state index contributed by atoms with van der Waals surface area (Å²) in [6.07, 6.45) is 2.01. The van der Waals surface area contributed by atoms with Crippen LogP contribution in [0.3, 0.4) is 0 Å². The lowest BCUT2D eigenvalue weighted by Crippen LogP contribution is -2.39. The fourth-order valence-electron chi connectivity index (χ4n) is 5.26. The standard InChI is InChI=1S/C30H33N7O2S2/c1-20-15-23(17-31)16-21(2)26(20)39-29-27-28(32-19-40-27)34-30(35-29)33-24-7-9-36(10-8-24)18-22-3-5-25(6-4-22)41-37-11-13-38-14-12-37/h3-6,15-16,19,24H,7-14,18H2,1-2H3,(H,33,34,35). The van der Waals surface area contributed by atoms with Gasteiger partial charge in [0.2, 0.25) is 11.8 Å². The van der Waals surface area contributed by atoms with Crippen molar-refractivity contribution in [3.05, 3.63) is 64.2 Å². The van der Waals surface area contributed by atoms with Crippen LogP contribution in [0.1, 0.15) is 35.1 Å². The molecule has 0 aliphatic carbocycles. The van der Waals surface area contributed by atoms with Crippen molar-refractivity contribution in [2.45, 2.75) is 44.2 Å². The molecular weight excluding hydrogens is 555 g/mol. The van der Waals surface area contributed by atoms with Crippen molar-refractivity contribution in [3.8, 4) is 17.7 Å². The largest absolute Gasteiger partial charge is 0.437 e. The van der Waals surface area contributed by atoms with Crippen LogP contribution in [-0.2, 0) is 11.3 Å². The van der Waals surface area contributed by atoms with Gasteiger partial charge in [-0.05, 0) is 79.6 Å². The van der Waals surface area contributed by atoms with Crippen LogP contribution in [0.15, 0.2) is 46.8 Å². The minimum absolute atomic E-state index is 0.279. The van der Waals surface area contributed by atoms with Crippen molar-refractivity contribution in [1.82, 2.24) is 24.2 Å². The molecule has 4 heterocycles. The molecule has 0 bridgehead atoms. The predicted octanol–water partition coefficient (Wildman–Crippen LogP) is 5.78. The molecule has 2 saturated heterocycles. The van der Waals surface area contributed by atoms with Gasteiger partial charge in [-0.1, -0.05) is 12.1 Å². The number of aromatic nitrogens is 3. The van der Waals surface area contributed by atoms with E-state index in [-0.39, 0.29) is 6.04 Å². The SMILES string of the molecule is Cc1cc(C#N)cc(C)c1Oc1nc(NC2CCN(Cc3ccc(SN4CCOCC4)cc3)CC2)nc2ncsc12. The summed E-state index contributed by atoms with van der Waals surface area (Å²) in [7, 11) is 0. The highest BCUT2D eigenvalue weighted by Crippen LogP contribution is 2.35. The van der Waals surface area contributed by atoms with Gasteiger partial charge in [-0.15, -0.1) is 11.3 Å². The van der Waals surface area contributed by atoms with E-state index in [0.717, 1.165) is 74.6 Å². The number of rotatable bonds is 8. The highest BCUT2D eigenvalue weighted by atomic mass is 32.2. The fraction of sp³-hybridized carbons (Fsp3) is 0.400. The molecule has 212 valence electrons. The number of nitrogens with zero attached hydrogens (tertiary/aromatic N) is 6. The van der Waals surface area contributed by atoms with Gasteiger partial charge in [-0.25, -0.2) is 9.29 Å². The van der Waals surface area contributed by atoms with Crippen molar-refractivity contribution in [2.24, 2.45) is 0 Å². The lowest BCUT2D eigenvalue weighted by atomic mass is 10.0. The third-order valence-corrected chi connectivity index (χ3v) is 9.32. The molecule has 2 aliphatic rings. The summed E-state index contributed by atoms with van der Waals surface area (Å²) < 4.78 is 15.0.